The zero-order valence-electron chi connectivity index (χ0n) is 18.5. The highest BCUT2D eigenvalue weighted by atomic mass is 35.5. The molecule has 1 amide bonds. The van der Waals surface area contributed by atoms with Gasteiger partial charge in [-0.2, -0.15) is 0 Å². The van der Waals surface area contributed by atoms with Gasteiger partial charge in [0.1, 0.15) is 0 Å². The van der Waals surface area contributed by atoms with Crippen LogP contribution in [0.5, 0.6) is 5.75 Å². The minimum absolute atomic E-state index is 0.116. The van der Waals surface area contributed by atoms with Gasteiger partial charge in [0.25, 0.3) is 5.91 Å². The van der Waals surface area contributed by atoms with Gasteiger partial charge >= 0.3 is 5.97 Å². The van der Waals surface area contributed by atoms with Crippen LogP contribution in [0.3, 0.4) is 0 Å². The van der Waals surface area contributed by atoms with Gasteiger partial charge in [-0.1, -0.05) is 65.7 Å². The summed E-state index contributed by atoms with van der Waals surface area (Å²) in [6.45, 7) is 1.35. The van der Waals surface area contributed by atoms with Crippen molar-refractivity contribution < 1.29 is 23.5 Å². The van der Waals surface area contributed by atoms with E-state index in [9.17, 15) is 14.4 Å². The molecule has 0 unspecified atom stereocenters. The Morgan fingerprint density at radius 2 is 1.71 bits per heavy atom. The van der Waals surface area contributed by atoms with Crippen molar-refractivity contribution >= 4 is 51.7 Å². The van der Waals surface area contributed by atoms with E-state index in [4.69, 9.17) is 37.1 Å². The van der Waals surface area contributed by atoms with Gasteiger partial charge in [0.05, 0.1) is 28.3 Å². The van der Waals surface area contributed by atoms with Gasteiger partial charge < -0.3 is 19.2 Å². The van der Waals surface area contributed by atoms with E-state index in [2.05, 4.69) is 5.32 Å². The smallest absolute Gasteiger partial charge is 0.340 e. The number of benzene rings is 3. The minimum atomic E-state index is -0.593. The highest BCUT2D eigenvalue weighted by Crippen LogP contribution is 2.35. The molecule has 0 saturated carbocycles. The van der Waals surface area contributed by atoms with Gasteiger partial charge in [0.15, 0.2) is 18.0 Å². The number of carbonyl (C=O) groups is 2. The van der Waals surface area contributed by atoms with Crippen LogP contribution in [0.2, 0.25) is 10.0 Å². The van der Waals surface area contributed by atoms with Crippen molar-refractivity contribution in [3.8, 4) is 17.1 Å². The molecule has 0 aliphatic carbocycles. The van der Waals surface area contributed by atoms with Crippen molar-refractivity contribution in [2.24, 2.45) is 0 Å². The number of rotatable bonds is 7. The molecule has 178 valence electrons. The summed E-state index contributed by atoms with van der Waals surface area (Å²) in [4.78, 5) is 38.2. The van der Waals surface area contributed by atoms with Crippen LogP contribution in [-0.2, 0) is 9.53 Å². The van der Waals surface area contributed by atoms with E-state index in [0.29, 0.717) is 5.56 Å². The Morgan fingerprint density at radius 3 is 2.46 bits per heavy atom. The zero-order valence-corrected chi connectivity index (χ0v) is 20.0. The summed E-state index contributed by atoms with van der Waals surface area (Å²) < 4.78 is 16.7. The molecule has 0 aliphatic rings. The minimum Gasteiger partial charge on any atom is -0.476 e. The van der Waals surface area contributed by atoms with Crippen molar-refractivity contribution in [2.45, 2.75) is 6.92 Å². The van der Waals surface area contributed by atoms with E-state index < -0.39 is 23.9 Å². The quantitative estimate of drug-likeness (QED) is 0.307. The maximum Gasteiger partial charge on any atom is 0.340 e. The Balaban J connectivity index is 1.67. The summed E-state index contributed by atoms with van der Waals surface area (Å²) in [6.07, 6.45) is 0. The number of fused-ring (bicyclic) bond motifs is 1. The van der Waals surface area contributed by atoms with Gasteiger partial charge in [0, 0.05) is 10.6 Å². The Bertz CT molecular complexity index is 1470. The zero-order chi connectivity index (χ0) is 24.9. The van der Waals surface area contributed by atoms with E-state index >= 15 is 0 Å². The molecule has 0 saturated heterocycles. The van der Waals surface area contributed by atoms with Gasteiger partial charge in [0.2, 0.25) is 11.2 Å². The lowest BCUT2D eigenvalue weighted by atomic mass is 10.1. The second-order valence-electron chi connectivity index (χ2n) is 7.32. The van der Waals surface area contributed by atoms with Gasteiger partial charge in [-0.05, 0) is 31.2 Å². The normalized spacial score (nSPS) is 10.7. The van der Waals surface area contributed by atoms with E-state index in [0.717, 1.165) is 0 Å². The van der Waals surface area contributed by atoms with E-state index in [1.807, 2.05) is 6.07 Å². The third-order valence-corrected chi connectivity index (χ3v) is 5.45. The molecule has 0 atom stereocenters. The highest BCUT2D eigenvalue weighted by molar-refractivity contribution is 6.38. The van der Waals surface area contributed by atoms with Crippen LogP contribution in [0.4, 0.5) is 5.69 Å². The molecule has 1 N–H and O–H groups in total. The number of esters is 1. The van der Waals surface area contributed by atoms with Crippen LogP contribution < -0.4 is 15.5 Å². The van der Waals surface area contributed by atoms with Gasteiger partial charge in [-0.15, -0.1) is 0 Å². The number of nitrogens with one attached hydrogen (secondary N) is 1. The summed E-state index contributed by atoms with van der Waals surface area (Å²) in [5.74, 6) is -1.22. The van der Waals surface area contributed by atoms with E-state index in [1.165, 1.54) is 18.2 Å². The van der Waals surface area contributed by atoms with Crippen LogP contribution in [0.1, 0.15) is 17.3 Å². The van der Waals surface area contributed by atoms with E-state index in [-0.39, 0.29) is 50.4 Å². The number of carbonyl (C=O) groups excluding carboxylic acids is 2. The molecule has 1 heterocycles. The second kappa shape index (κ2) is 10.6. The number of ether oxygens (including phenoxy) is 2. The van der Waals surface area contributed by atoms with Crippen molar-refractivity contribution in [3.63, 3.8) is 0 Å². The Morgan fingerprint density at radius 1 is 1.00 bits per heavy atom. The Hall–Kier alpha value is -3.81. The highest BCUT2D eigenvalue weighted by Gasteiger charge is 2.21. The molecule has 4 rings (SSSR count). The van der Waals surface area contributed by atoms with Crippen LogP contribution in [-0.4, -0.2) is 25.1 Å². The number of hydrogen-bond donors (Lipinski definition) is 1. The molecular weight excluding hydrogens is 493 g/mol. The molecular formula is C26H19Cl2NO6. The Labute approximate surface area is 210 Å². The molecule has 0 bridgehead atoms. The largest absolute Gasteiger partial charge is 0.476 e. The molecule has 0 fully saturated rings. The molecule has 9 heteroatoms. The van der Waals surface area contributed by atoms with Crippen LogP contribution in [0.15, 0.2) is 75.9 Å². The van der Waals surface area contributed by atoms with Crippen LogP contribution in [0.25, 0.3) is 22.3 Å². The van der Waals surface area contributed by atoms with Crippen molar-refractivity contribution in [2.75, 3.05) is 18.5 Å². The molecule has 0 spiro atoms. The SMILES string of the molecule is CCOC(=O)c1ccccc1NC(=O)COc1c(-c2ccccc2)oc2c(Cl)cc(Cl)cc2c1=O. The van der Waals surface area contributed by atoms with Gasteiger partial charge in [-0.25, -0.2) is 4.79 Å². The average Bonchev–Trinajstić information content (AvgIpc) is 2.85. The van der Waals surface area contributed by atoms with Crippen molar-refractivity contribution in [1.29, 1.82) is 0 Å². The lowest BCUT2D eigenvalue weighted by molar-refractivity contribution is -0.118. The van der Waals surface area contributed by atoms with Gasteiger partial charge in [-0.3, -0.25) is 9.59 Å². The van der Waals surface area contributed by atoms with Crippen LogP contribution in [0, 0.1) is 0 Å². The van der Waals surface area contributed by atoms with Crippen LogP contribution >= 0.6 is 23.2 Å². The average molecular weight is 512 g/mol. The third kappa shape index (κ3) is 5.31. The first-order valence-corrected chi connectivity index (χ1v) is 11.3. The lowest BCUT2D eigenvalue weighted by Crippen LogP contribution is -2.24. The molecule has 4 aromatic rings. The fourth-order valence-electron chi connectivity index (χ4n) is 3.42. The summed E-state index contributed by atoms with van der Waals surface area (Å²) in [6, 6.07) is 18.1. The summed E-state index contributed by atoms with van der Waals surface area (Å²) in [7, 11) is 0. The number of anilines is 1. The first-order chi connectivity index (χ1) is 16.9. The maximum absolute atomic E-state index is 13.3. The molecule has 7 nitrogen and oxygen atoms in total. The number of hydrogen-bond acceptors (Lipinski definition) is 6. The predicted molar refractivity (Wildman–Crippen MR) is 134 cm³/mol. The topological polar surface area (TPSA) is 94.8 Å². The molecule has 1 aromatic heterocycles. The summed E-state index contributed by atoms with van der Waals surface area (Å²) in [5.41, 5.74) is 0.629. The summed E-state index contributed by atoms with van der Waals surface area (Å²) in [5, 5.41) is 3.15. The summed E-state index contributed by atoms with van der Waals surface area (Å²) >= 11 is 12.3. The molecule has 0 aliphatic heterocycles. The fraction of sp³-hybridized carbons (Fsp3) is 0.115. The van der Waals surface area contributed by atoms with E-state index in [1.54, 1.807) is 49.4 Å². The Kier molecular flexibility index (Phi) is 7.39. The van der Waals surface area contributed by atoms with Crippen molar-refractivity contribution in [1.82, 2.24) is 0 Å². The first kappa shape index (κ1) is 24.3. The molecule has 35 heavy (non-hydrogen) atoms. The number of para-hydroxylation sites is 1. The maximum atomic E-state index is 13.3. The second-order valence-corrected chi connectivity index (χ2v) is 8.17. The third-order valence-electron chi connectivity index (χ3n) is 4.95. The fourth-order valence-corrected chi connectivity index (χ4v) is 3.95. The molecule has 3 aromatic carbocycles. The predicted octanol–water partition coefficient (Wildman–Crippen LogP) is 5.96. The number of amides is 1. The lowest BCUT2D eigenvalue weighted by Gasteiger charge is -2.13. The first-order valence-electron chi connectivity index (χ1n) is 10.6. The monoisotopic (exact) mass is 511 g/mol. The number of halogens is 2. The van der Waals surface area contributed by atoms with Crippen molar-refractivity contribution in [3.05, 3.63) is 92.6 Å². The molecule has 0 radical (unpaired) electrons. The standard InChI is InChI=1S/C26H19Cl2NO6/c1-2-33-26(32)17-10-6-7-11-20(17)29-21(30)14-34-25-22(31)18-12-16(27)13-19(28)24(18)35-23(25)15-8-4-3-5-9-15/h3-13H,2,14H2,1H3,(H,29,30).